The molecular weight excluding hydrogens is 162 g/mol. The molecule has 2 fully saturated rings. The maximum Gasteiger partial charge on any atom is 0.0932 e. The molecule has 2 nitrogen and oxygen atoms in total. The van der Waals surface area contributed by atoms with Crippen LogP contribution >= 0.6 is 0 Å². The Morgan fingerprint density at radius 1 is 1.31 bits per heavy atom. The van der Waals surface area contributed by atoms with Crippen LogP contribution in [0.15, 0.2) is 0 Å². The molecule has 0 aromatic heterocycles. The predicted molar refractivity (Wildman–Crippen MR) is 53.7 cm³/mol. The van der Waals surface area contributed by atoms with E-state index in [1.54, 1.807) is 0 Å². The van der Waals surface area contributed by atoms with E-state index >= 15 is 0 Å². The molecule has 1 atom stereocenters. The van der Waals surface area contributed by atoms with Gasteiger partial charge in [0.05, 0.1) is 5.60 Å². The Kier molecular flexibility index (Phi) is 2.16. The molecule has 2 heteroatoms. The summed E-state index contributed by atoms with van der Waals surface area (Å²) in [4.78, 5) is 0. The Morgan fingerprint density at radius 2 is 2.00 bits per heavy atom. The molecular formula is C11H21NO. The van der Waals surface area contributed by atoms with Gasteiger partial charge in [-0.2, -0.15) is 0 Å². The predicted octanol–water partition coefficient (Wildman–Crippen LogP) is 1.80. The van der Waals surface area contributed by atoms with Gasteiger partial charge in [-0.05, 0) is 24.2 Å². The fourth-order valence-corrected chi connectivity index (χ4v) is 2.42. The Labute approximate surface area is 81.0 Å². The van der Waals surface area contributed by atoms with E-state index < -0.39 is 0 Å². The molecule has 0 unspecified atom stereocenters. The maximum absolute atomic E-state index is 5.86. The zero-order valence-corrected chi connectivity index (χ0v) is 9.02. The van der Waals surface area contributed by atoms with Crippen LogP contribution in [0.3, 0.4) is 0 Å². The third-order valence-corrected chi connectivity index (χ3v) is 3.61. The van der Waals surface area contributed by atoms with Gasteiger partial charge in [0.2, 0.25) is 0 Å². The zero-order chi connectivity index (χ0) is 9.53. The molecule has 0 aliphatic carbocycles. The van der Waals surface area contributed by atoms with Gasteiger partial charge in [-0.1, -0.05) is 20.8 Å². The molecule has 0 amide bonds. The summed E-state index contributed by atoms with van der Waals surface area (Å²) < 4.78 is 5.86. The average Bonchev–Trinajstić information content (AvgIpc) is 2.00. The van der Waals surface area contributed by atoms with Crippen molar-refractivity contribution in [1.82, 2.24) is 5.32 Å². The van der Waals surface area contributed by atoms with E-state index in [1.807, 2.05) is 0 Å². The topological polar surface area (TPSA) is 21.3 Å². The lowest BCUT2D eigenvalue weighted by Gasteiger charge is -2.50. The summed E-state index contributed by atoms with van der Waals surface area (Å²) in [7, 11) is 0. The SMILES string of the molecule is CC(C)(C)[C@H]1CCOC2(CNC2)C1. The molecule has 1 spiro atoms. The van der Waals surface area contributed by atoms with Crippen molar-refractivity contribution >= 4 is 0 Å². The molecule has 2 saturated heterocycles. The molecule has 1 N–H and O–H groups in total. The Bertz CT molecular complexity index is 191. The third-order valence-electron chi connectivity index (χ3n) is 3.61. The van der Waals surface area contributed by atoms with Crippen molar-refractivity contribution in [2.45, 2.75) is 39.2 Å². The Morgan fingerprint density at radius 3 is 2.46 bits per heavy atom. The summed E-state index contributed by atoms with van der Waals surface area (Å²) in [5.41, 5.74) is 0.669. The number of hydrogen-bond acceptors (Lipinski definition) is 2. The normalized spacial score (nSPS) is 33.0. The highest BCUT2D eigenvalue weighted by molar-refractivity contribution is 4.99. The van der Waals surface area contributed by atoms with Crippen molar-refractivity contribution in [3.8, 4) is 0 Å². The highest BCUT2D eigenvalue weighted by Gasteiger charge is 2.45. The first-order valence-electron chi connectivity index (χ1n) is 5.37. The highest BCUT2D eigenvalue weighted by Crippen LogP contribution is 2.41. The minimum absolute atomic E-state index is 0.218. The molecule has 0 radical (unpaired) electrons. The molecule has 2 rings (SSSR count). The van der Waals surface area contributed by atoms with Gasteiger partial charge in [0.1, 0.15) is 0 Å². The van der Waals surface area contributed by atoms with Crippen molar-refractivity contribution in [3.05, 3.63) is 0 Å². The monoisotopic (exact) mass is 183 g/mol. The first kappa shape index (κ1) is 9.47. The van der Waals surface area contributed by atoms with Gasteiger partial charge < -0.3 is 10.1 Å². The van der Waals surface area contributed by atoms with Crippen molar-refractivity contribution in [3.63, 3.8) is 0 Å². The number of rotatable bonds is 0. The molecule has 2 aliphatic heterocycles. The minimum atomic E-state index is 0.218. The van der Waals surface area contributed by atoms with Crippen LogP contribution in [-0.4, -0.2) is 25.3 Å². The van der Waals surface area contributed by atoms with E-state index in [0.29, 0.717) is 5.41 Å². The van der Waals surface area contributed by atoms with Crippen molar-refractivity contribution in [2.75, 3.05) is 19.7 Å². The lowest BCUT2D eigenvalue weighted by atomic mass is 9.70. The van der Waals surface area contributed by atoms with E-state index in [-0.39, 0.29) is 5.60 Å². The summed E-state index contributed by atoms with van der Waals surface area (Å²) in [6.07, 6.45) is 2.49. The molecule has 0 bridgehead atoms. The fraction of sp³-hybridized carbons (Fsp3) is 1.00. The van der Waals surface area contributed by atoms with Gasteiger partial charge in [-0.15, -0.1) is 0 Å². The largest absolute Gasteiger partial charge is 0.372 e. The maximum atomic E-state index is 5.86. The summed E-state index contributed by atoms with van der Waals surface area (Å²) in [6.45, 7) is 10.1. The second-order valence-electron chi connectivity index (χ2n) is 5.69. The lowest BCUT2D eigenvalue weighted by Crippen LogP contribution is -2.64. The van der Waals surface area contributed by atoms with Gasteiger partial charge in [0, 0.05) is 19.7 Å². The van der Waals surface area contributed by atoms with Gasteiger partial charge in [0.15, 0.2) is 0 Å². The lowest BCUT2D eigenvalue weighted by molar-refractivity contribution is -0.140. The highest BCUT2D eigenvalue weighted by atomic mass is 16.5. The van der Waals surface area contributed by atoms with E-state index in [0.717, 1.165) is 25.6 Å². The number of nitrogens with one attached hydrogen (secondary N) is 1. The Hall–Kier alpha value is -0.0800. The minimum Gasteiger partial charge on any atom is -0.372 e. The van der Waals surface area contributed by atoms with Crippen LogP contribution in [0.2, 0.25) is 0 Å². The van der Waals surface area contributed by atoms with Crippen LogP contribution in [0.1, 0.15) is 33.6 Å². The summed E-state index contributed by atoms with van der Waals surface area (Å²) >= 11 is 0. The van der Waals surface area contributed by atoms with Crippen LogP contribution in [0, 0.1) is 11.3 Å². The van der Waals surface area contributed by atoms with Crippen molar-refractivity contribution in [2.24, 2.45) is 11.3 Å². The summed E-state index contributed by atoms with van der Waals surface area (Å²) in [5.74, 6) is 0.836. The van der Waals surface area contributed by atoms with Gasteiger partial charge in [-0.25, -0.2) is 0 Å². The van der Waals surface area contributed by atoms with Gasteiger partial charge >= 0.3 is 0 Å². The van der Waals surface area contributed by atoms with Crippen LogP contribution in [0.4, 0.5) is 0 Å². The van der Waals surface area contributed by atoms with E-state index in [1.165, 1.54) is 12.8 Å². The quantitative estimate of drug-likeness (QED) is 0.618. The Balaban J connectivity index is 2.00. The summed E-state index contributed by atoms with van der Waals surface area (Å²) in [6, 6.07) is 0. The standard InChI is InChI=1S/C11H21NO/c1-10(2,3)9-4-5-13-11(6-9)7-12-8-11/h9,12H,4-8H2,1-3H3/t9-/m0/s1. The van der Waals surface area contributed by atoms with E-state index in [2.05, 4.69) is 26.1 Å². The van der Waals surface area contributed by atoms with Crippen molar-refractivity contribution < 1.29 is 4.74 Å². The first-order chi connectivity index (χ1) is 6.02. The molecule has 0 aromatic rings. The average molecular weight is 183 g/mol. The molecule has 0 saturated carbocycles. The van der Waals surface area contributed by atoms with Gasteiger partial charge in [0.25, 0.3) is 0 Å². The zero-order valence-electron chi connectivity index (χ0n) is 9.02. The van der Waals surface area contributed by atoms with Gasteiger partial charge in [-0.3, -0.25) is 0 Å². The van der Waals surface area contributed by atoms with Crippen LogP contribution in [-0.2, 0) is 4.74 Å². The van der Waals surface area contributed by atoms with Crippen LogP contribution < -0.4 is 5.32 Å². The molecule has 0 aromatic carbocycles. The van der Waals surface area contributed by atoms with Crippen LogP contribution in [0.5, 0.6) is 0 Å². The number of ether oxygens (including phenoxy) is 1. The second-order valence-corrected chi connectivity index (χ2v) is 5.69. The van der Waals surface area contributed by atoms with Crippen LogP contribution in [0.25, 0.3) is 0 Å². The number of hydrogen-bond donors (Lipinski definition) is 1. The molecule has 2 aliphatic rings. The molecule has 2 heterocycles. The molecule has 76 valence electrons. The fourth-order valence-electron chi connectivity index (χ4n) is 2.42. The smallest absolute Gasteiger partial charge is 0.0932 e. The summed E-state index contributed by atoms with van der Waals surface area (Å²) in [5, 5.41) is 3.32. The third kappa shape index (κ3) is 1.75. The van der Waals surface area contributed by atoms with E-state index in [4.69, 9.17) is 4.74 Å². The van der Waals surface area contributed by atoms with Crippen molar-refractivity contribution in [1.29, 1.82) is 0 Å². The molecule has 13 heavy (non-hydrogen) atoms. The first-order valence-corrected chi connectivity index (χ1v) is 5.37. The van der Waals surface area contributed by atoms with E-state index in [9.17, 15) is 0 Å². The second kappa shape index (κ2) is 2.96.